The summed E-state index contributed by atoms with van der Waals surface area (Å²) in [5, 5.41) is 13.7. The number of ether oxygens (including phenoxy) is 1. The highest BCUT2D eigenvalue weighted by molar-refractivity contribution is 6.34. The first-order valence-corrected chi connectivity index (χ1v) is 6.34. The van der Waals surface area contributed by atoms with Crippen LogP contribution >= 0.6 is 11.6 Å². The topological polar surface area (TPSA) is 47.0 Å². The largest absolute Gasteiger partial charge is 0.385 e. The van der Waals surface area contributed by atoms with Gasteiger partial charge < -0.3 is 10.1 Å². The summed E-state index contributed by atoms with van der Waals surface area (Å²) < 4.78 is 5.01. The van der Waals surface area contributed by atoms with E-state index in [-0.39, 0.29) is 0 Å². The van der Waals surface area contributed by atoms with Crippen LogP contribution in [0.2, 0.25) is 5.15 Å². The molecule has 2 rings (SSSR count). The second-order valence-corrected chi connectivity index (χ2v) is 4.37. The number of nitrogens with one attached hydrogen (secondary N) is 1. The van der Waals surface area contributed by atoms with E-state index in [0.717, 1.165) is 42.6 Å². The fraction of sp³-hybridized carbons (Fsp3) is 0.385. The first-order valence-electron chi connectivity index (χ1n) is 5.96. The molecule has 18 heavy (non-hydrogen) atoms. The van der Waals surface area contributed by atoms with Gasteiger partial charge >= 0.3 is 0 Å². The Morgan fingerprint density at radius 1 is 1.17 bits per heavy atom. The lowest BCUT2D eigenvalue weighted by molar-refractivity contribution is 0.194. The Balaban J connectivity index is 2.07. The number of nitrogens with zero attached hydrogens (tertiary/aromatic N) is 2. The number of benzene rings is 1. The molecule has 0 aliphatic carbocycles. The molecular formula is C13H16ClN3O. The SMILES string of the molecule is COCCCCNc1nnc(Cl)c2ccccc12. The molecule has 0 unspecified atom stereocenters. The van der Waals surface area contributed by atoms with Crippen LogP contribution in [-0.4, -0.2) is 30.5 Å². The maximum absolute atomic E-state index is 6.01. The summed E-state index contributed by atoms with van der Waals surface area (Å²) in [5.41, 5.74) is 0. The van der Waals surface area contributed by atoms with Gasteiger partial charge in [0.1, 0.15) is 0 Å². The van der Waals surface area contributed by atoms with Gasteiger partial charge in [-0.05, 0) is 12.8 Å². The lowest BCUT2D eigenvalue weighted by atomic mass is 10.2. The van der Waals surface area contributed by atoms with Gasteiger partial charge in [0.15, 0.2) is 11.0 Å². The number of fused-ring (bicyclic) bond motifs is 1. The van der Waals surface area contributed by atoms with Crippen molar-refractivity contribution in [2.24, 2.45) is 0 Å². The van der Waals surface area contributed by atoms with Crippen molar-refractivity contribution in [2.45, 2.75) is 12.8 Å². The fourth-order valence-corrected chi connectivity index (χ4v) is 1.98. The van der Waals surface area contributed by atoms with E-state index >= 15 is 0 Å². The van der Waals surface area contributed by atoms with Crippen molar-refractivity contribution < 1.29 is 4.74 Å². The van der Waals surface area contributed by atoms with Gasteiger partial charge in [0, 0.05) is 31.0 Å². The molecule has 0 aliphatic heterocycles. The lowest BCUT2D eigenvalue weighted by Crippen LogP contribution is -2.06. The van der Waals surface area contributed by atoms with Crippen molar-refractivity contribution in [2.75, 3.05) is 25.6 Å². The van der Waals surface area contributed by atoms with E-state index in [4.69, 9.17) is 16.3 Å². The Morgan fingerprint density at radius 3 is 2.72 bits per heavy atom. The predicted octanol–water partition coefficient (Wildman–Crippen LogP) is 3.12. The van der Waals surface area contributed by atoms with Crippen molar-refractivity contribution in [3.8, 4) is 0 Å². The number of halogens is 1. The molecule has 2 aromatic rings. The number of aromatic nitrogens is 2. The Labute approximate surface area is 111 Å². The van der Waals surface area contributed by atoms with Crippen LogP contribution in [0.3, 0.4) is 0 Å². The van der Waals surface area contributed by atoms with Gasteiger partial charge in [-0.15, -0.1) is 10.2 Å². The normalized spacial score (nSPS) is 10.8. The first kappa shape index (κ1) is 13.1. The molecule has 0 atom stereocenters. The minimum atomic E-state index is 0.440. The predicted molar refractivity (Wildman–Crippen MR) is 74.1 cm³/mol. The molecule has 0 radical (unpaired) electrons. The van der Waals surface area contributed by atoms with Gasteiger partial charge in [-0.1, -0.05) is 35.9 Å². The van der Waals surface area contributed by atoms with Crippen molar-refractivity contribution >= 4 is 28.2 Å². The van der Waals surface area contributed by atoms with Gasteiger partial charge in [-0.25, -0.2) is 0 Å². The summed E-state index contributed by atoms with van der Waals surface area (Å²) in [7, 11) is 1.71. The quantitative estimate of drug-likeness (QED) is 0.815. The smallest absolute Gasteiger partial charge is 0.159 e. The zero-order chi connectivity index (χ0) is 12.8. The van der Waals surface area contributed by atoms with E-state index in [1.165, 1.54) is 0 Å². The second-order valence-electron chi connectivity index (χ2n) is 4.01. The molecule has 1 heterocycles. The summed E-state index contributed by atoms with van der Waals surface area (Å²) in [6, 6.07) is 7.85. The number of anilines is 1. The van der Waals surface area contributed by atoms with Crippen molar-refractivity contribution in [1.82, 2.24) is 10.2 Å². The summed E-state index contributed by atoms with van der Waals surface area (Å²) in [5.74, 6) is 0.785. The highest BCUT2D eigenvalue weighted by Gasteiger charge is 2.06. The van der Waals surface area contributed by atoms with E-state index in [0.29, 0.717) is 5.15 Å². The van der Waals surface area contributed by atoms with Crippen molar-refractivity contribution in [1.29, 1.82) is 0 Å². The molecule has 1 aromatic carbocycles. The molecule has 0 amide bonds. The van der Waals surface area contributed by atoms with Crippen molar-refractivity contribution in [3.63, 3.8) is 0 Å². The maximum Gasteiger partial charge on any atom is 0.159 e. The Bertz CT molecular complexity index is 519. The third-order valence-electron chi connectivity index (χ3n) is 2.71. The Morgan fingerprint density at radius 2 is 1.94 bits per heavy atom. The Kier molecular flexibility index (Phi) is 4.73. The lowest BCUT2D eigenvalue weighted by Gasteiger charge is -2.08. The minimum absolute atomic E-state index is 0.440. The van der Waals surface area contributed by atoms with Gasteiger partial charge in [0.05, 0.1) is 0 Å². The Hall–Kier alpha value is -1.39. The average Bonchev–Trinajstić information content (AvgIpc) is 2.41. The summed E-state index contributed by atoms with van der Waals surface area (Å²) in [4.78, 5) is 0. The molecule has 5 heteroatoms. The van der Waals surface area contributed by atoms with E-state index in [1.807, 2.05) is 24.3 Å². The summed E-state index contributed by atoms with van der Waals surface area (Å²) in [6.45, 7) is 1.64. The average molecular weight is 266 g/mol. The molecule has 1 N–H and O–H groups in total. The highest BCUT2D eigenvalue weighted by Crippen LogP contribution is 2.25. The third kappa shape index (κ3) is 3.09. The second kappa shape index (κ2) is 6.52. The molecule has 4 nitrogen and oxygen atoms in total. The van der Waals surface area contributed by atoms with Gasteiger partial charge in [0.25, 0.3) is 0 Å². The van der Waals surface area contributed by atoms with E-state index in [1.54, 1.807) is 7.11 Å². The zero-order valence-corrected chi connectivity index (χ0v) is 11.1. The molecule has 0 fully saturated rings. The van der Waals surface area contributed by atoms with Crippen molar-refractivity contribution in [3.05, 3.63) is 29.4 Å². The van der Waals surface area contributed by atoms with Gasteiger partial charge in [0.2, 0.25) is 0 Å². The molecular weight excluding hydrogens is 250 g/mol. The molecule has 0 saturated heterocycles. The molecule has 96 valence electrons. The van der Waals surface area contributed by atoms with E-state index in [9.17, 15) is 0 Å². The van der Waals surface area contributed by atoms with Crippen LogP contribution in [-0.2, 0) is 4.74 Å². The van der Waals surface area contributed by atoms with Crippen LogP contribution in [0.15, 0.2) is 24.3 Å². The minimum Gasteiger partial charge on any atom is -0.385 e. The van der Waals surface area contributed by atoms with Gasteiger partial charge in [-0.2, -0.15) is 0 Å². The fourth-order valence-electron chi connectivity index (χ4n) is 1.78. The van der Waals surface area contributed by atoms with E-state index in [2.05, 4.69) is 15.5 Å². The van der Waals surface area contributed by atoms with Crippen LogP contribution in [0.4, 0.5) is 5.82 Å². The van der Waals surface area contributed by atoms with Crippen LogP contribution in [0.1, 0.15) is 12.8 Å². The number of rotatable bonds is 6. The number of hydrogen-bond donors (Lipinski definition) is 1. The van der Waals surface area contributed by atoms with Crippen LogP contribution in [0.5, 0.6) is 0 Å². The van der Waals surface area contributed by atoms with Crippen LogP contribution in [0.25, 0.3) is 10.8 Å². The van der Waals surface area contributed by atoms with Crippen LogP contribution in [0, 0.1) is 0 Å². The number of methoxy groups -OCH3 is 1. The first-order chi connectivity index (χ1) is 8.83. The van der Waals surface area contributed by atoms with Crippen LogP contribution < -0.4 is 5.32 Å². The monoisotopic (exact) mass is 265 g/mol. The molecule has 0 saturated carbocycles. The van der Waals surface area contributed by atoms with Gasteiger partial charge in [-0.3, -0.25) is 0 Å². The maximum atomic E-state index is 6.01. The molecule has 0 aliphatic rings. The standard InChI is InChI=1S/C13H16ClN3O/c1-18-9-5-4-8-15-13-11-7-3-2-6-10(11)12(14)16-17-13/h2-3,6-7H,4-5,8-9H2,1H3,(H,15,17). The van der Waals surface area contributed by atoms with E-state index < -0.39 is 0 Å². The number of unbranched alkanes of at least 4 members (excludes halogenated alkanes) is 1. The number of hydrogen-bond acceptors (Lipinski definition) is 4. The molecule has 1 aromatic heterocycles. The highest BCUT2D eigenvalue weighted by atomic mass is 35.5. The summed E-state index contributed by atoms with van der Waals surface area (Å²) in [6.07, 6.45) is 2.06. The molecule has 0 spiro atoms. The third-order valence-corrected chi connectivity index (χ3v) is 2.99. The summed E-state index contributed by atoms with van der Waals surface area (Å²) >= 11 is 6.01. The zero-order valence-electron chi connectivity index (χ0n) is 10.3. The molecule has 0 bridgehead atoms.